The highest BCUT2D eigenvalue weighted by Gasteiger charge is 2.19. The van der Waals surface area contributed by atoms with E-state index in [-0.39, 0.29) is 5.75 Å². The molecule has 0 aliphatic carbocycles. The molecule has 2 aromatic rings. The number of nitrogens with zero attached hydrogens (tertiary/aromatic N) is 1. The number of benzene rings is 1. The summed E-state index contributed by atoms with van der Waals surface area (Å²) in [4.78, 5) is 4.02. The van der Waals surface area contributed by atoms with Gasteiger partial charge < -0.3 is 15.2 Å². The van der Waals surface area contributed by atoms with Gasteiger partial charge in [-0.1, -0.05) is 12.1 Å². The summed E-state index contributed by atoms with van der Waals surface area (Å²) in [7, 11) is 1.57. The number of phenolic OH excluding ortho intramolecular Hbond substituents is 1. The standard InChI is InChI=1S/C19H26N2O2S/c1-23-19-5-4-16(11-18(19)22)13-20-12-15-6-8-21(9-7-15)14-17-3-2-10-24-17/h2-5,10-11,15,20,22H,6-9,12-14H2,1H3. The van der Waals surface area contributed by atoms with Gasteiger partial charge in [0.25, 0.3) is 0 Å². The van der Waals surface area contributed by atoms with Crippen LogP contribution in [-0.2, 0) is 13.1 Å². The van der Waals surface area contributed by atoms with Crippen LogP contribution >= 0.6 is 11.3 Å². The van der Waals surface area contributed by atoms with Crippen molar-refractivity contribution in [1.29, 1.82) is 0 Å². The fourth-order valence-corrected chi connectivity index (χ4v) is 3.98. The molecule has 5 heteroatoms. The second-order valence-electron chi connectivity index (χ2n) is 6.44. The number of rotatable bonds is 7. The number of piperidine rings is 1. The first-order valence-corrected chi connectivity index (χ1v) is 9.44. The summed E-state index contributed by atoms with van der Waals surface area (Å²) in [5, 5.41) is 15.5. The van der Waals surface area contributed by atoms with Crippen LogP contribution < -0.4 is 10.1 Å². The Kier molecular flexibility index (Phi) is 6.12. The van der Waals surface area contributed by atoms with E-state index in [9.17, 15) is 5.11 Å². The average molecular weight is 346 g/mol. The quantitative estimate of drug-likeness (QED) is 0.806. The van der Waals surface area contributed by atoms with E-state index in [4.69, 9.17) is 4.74 Å². The van der Waals surface area contributed by atoms with Crippen LogP contribution in [0.3, 0.4) is 0 Å². The minimum absolute atomic E-state index is 0.207. The predicted molar refractivity (Wildman–Crippen MR) is 98.7 cm³/mol. The molecule has 3 rings (SSSR count). The minimum atomic E-state index is 0.207. The Morgan fingerprint density at radius 1 is 1.29 bits per heavy atom. The maximum Gasteiger partial charge on any atom is 0.160 e. The van der Waals surface area contributed by atoms with E-state index in [1.165, 1.54) is 30.8 Å². The number of phenols is 1. The number of thiophene rings is 1. The Labute approximate surface area is 148 Å². The van der Waals surface area contributed by atoms with E-state index in [1.807, 2.05) is 23.5 Å². The molecule has 0 spiro atoms. The van der Waals surface area contributed by atoms with Crippen LogP contribution in [0.1, 0.15) is 23.3 Å². The topological polar surface area (TPSA) is 44.7 Å². The molecular formula is C19H26N2O2S. The number of ether oxygens (including phenoxy) is 1. The molecule has 0 bridgehead atoms. The van der Waals surface area contributed by atoms with Crippen LogP contribution in [0, 0.1) is 5.92 Å². The molecule has 4 nitrogen and oxygen atoms in total. The van der Waals surface area contributed by atoms with Crippen LogP contribution in [0.2, 0.25) is 0 Å². The normalized spacial score (nSPS) is 16.4. The van der Waals surface area contributed by atoms with Gasteiger partial charge >= 0.3 is 0 Å². The Hall–Kier alpha value is -1.56. The molecule has 1 fully saturated rings. The third kappa shape index (κ3) is 4.72. The van der Waals surface area contributed by atoms with Gasteiger partial charge in [0.05, 0.1) is 7.11 Å². The lowest BCUT2D eigenvalue weighted by molar-refractivity contribution is 0.176. The van der Waals surface area contributed by atoms with E-state index >= 15 is 0 Å². The van der Waals surface area contributed by atoms with Crippen molar-refractivity contribution in [3.63, 3.8) is 0 Å². The summed E-state index contributed by atoms with van der Waals surface area (Å²) in [6, 6.07) is 9.94. The van der Waals surface area contributed by atoms with Gasteiger partial charge in [0.2, 0.25) is 0 Å². The van der Waals surface area contributed by atoms with E-state index in [0.29, 0.717) is 5.75 Å². The first kappa shape index (κ1) is 17.3. The molecule has 130 valence electrons. The number of hydrogen-bond donors (Lipinski definition) is 2. The summed E-state index contributed by atoms with van der Waals surface area (Å²) >= 11 is 1.85. The first-order chi connectivity index (χ1) is 11.7. The Balaban J connectivity index is 1.37. The van der Waals surface area contributed by atoms with Crippen molar-refractivity contribution < 1.29 is 9.84 Å². The van der Waals surface area contributed by atoms with Gasteiger partial charge in [-0.2, -0.15) is 0 Å². The van der Waals surface area contributed by atoms with E-state index in [1.54, 1.807) is 13.2 Å². The van der Waals surface area contributed by atoms with Gasteiger partial charge in [-0.3, -0.25) is 4.90 Å². The Morgan fingerprint density at radius 2 is 2.12 bits per heavy atom. The van der Waals surface area contributed by atoms with Crippen molar-refractivity contribution in [3.05, 3.63) is 46.2 Å². The van der Waals surface area contributed by atoms with Crippen LogP contribution in [0.15, 0.2) is 35.7 Å². The van der Waals surface area contributed by atoms with Crippen molar-refractivity contribution in [3.8, 4) is 11.5 Å². The Bertz CT molecular complexity index is 622. The first-order valence-electron chi connectivity index (χ1n) is 8.56. The monoisotopic (exact) mass is 346 g/mol. The summed E-state index contributed by atoms with van der Waals surface area (Å²) in [6.45, 7) is 5.30. The van der Waals surface area contributed by atoms with E-state index in [0.717, 1.165) is 31.1 Å². The van der Waals surface area contributed by atoms with Gasteiger partial charge in [0.1, 0.15) is 0 Å². The Morgan fingerprint density at radius 3 is 2.79 bits per heavy atom. The van der Waals surface area contributed by atoms with E-state index in [2.05, 4.69) is 27.7 Å². The van der Waals surface area contributed by atoms with Crippen molar-refractivity contribution in [2.24, 2.45) is 5.92 Å². The lowest BCUT2D eigenvalue weighted by Gasteiger charge is -2.31. The van der Waals surface area contributed by atoms with Crippen molar-refractivity contribution >= 4 is 11.3 Å². The minimum Gasteiger partial charge on any atom is -0.504 e. The molecule has 1 aromatic heterocycles. The predicted octanol–water partition coefficient (Wildman–Crippen LogP) is 3.46. The van der Waals surface area contributed by atoms with Gasteiger partial charge in [0.15, 0.2) is 11.5 Å². The second kappa shape index (κ2) is 8.51. The molecule has 1 aromatic carbocycles. The molecule has 1 aliphatic rings. The number of methoxy groups -OCH3 is 1. The molecule has 24 heavy (non-hydrogen) atoms. The van der Waals surface area contributed by atoms with Gasteiger partial charge in [0, 0.05) is 18.0 Å². The summed E-state index contributed by atoms with van der Waals surface area (Å²) in [6.07, 6.45) is 2.51. The fraction of sp³-hybridized carbons (Fsp3) is 0.474. The maximum atomic E-state index is 9.82. The lowest BCUT2D eigenvalue weighted by atomic mass is 9.96. The largest absolute Gasteiger partial charge is 0.504 e. The zero-order chi connectivity index (χ0) is 16.8. The molecule has 2 N–H and O–H groups in total. The summed E-state index contributed by atoms with van der Waals surface area (Å²) in [5.41, 5.74) is 1.09. The highest BCUT2D eigenvalue weighted by Crippen LogP contribution is 2.26. The molecule has 1 aliphatic heterocycles. The van der Waals surface area contributed by atoms with E-state index < -0.39 is 0 Å². The molecule has 0 saturated carbocycles. The van der Waals surface area contributed by atoms with Gasteiger partial charge in [-0.15, -0.1) is 11.3 Å². The summed E-state index contributed by atoms with van der Waals surface area (Å²) in [5.74, 6) is 1.48. The van der Waals surface area contributed by atoms with Crippen LogP contribution in [-0.4, -0.2) is 36.8 Å². The molecular weight excluding hydrogens is 320 g/mol. The lowest BCUT2D eigenvalue weighted by Crippen LogP contribution is -2.36. The number of likely N-dealkylation sites (tertiary alicyclic amines) is 1. The molecule has 0 unspecified atom stereocenters. The molecule has 0 atom stereocenters. The highest BCUT2D eigenvalue weighted by molar-refractivity contribution is 7.09. The molecule has 2 heterocycles. The number of hydrogen-bond acceptors (Lipinski definition) is 5. The molecule has 0 amide bonds. The van der Waals surface area contributed by atoms with Crippen molar-refractivity contribution in [1.82, 2.24) is 10.2 Å². The zero-order valence-corrected chi connectivity index (χ0v) is 15.0. The number of aromatic hydroxyl groups is 1. The van der Waals surface area contributed by atoms with Crippen LogP contribution in [0.5, 0.6) is 11.5 Å². The summed E-state index contributed by atoms with van der Waals surface area (Å²) < 4.78 is 5.07. The van der Waals surface area contributed by atoms with Crippen molar-refractivity contribution in [2.75, 3.05) is 26.7 Å². The third-order valence-corrected chi connectivity index (χ3v) is 5.53. The van der Waals surface area contributed by atoms with Gasteiger partial charge in [-0.25, -0.2) is 0 Å². The molecule has 0 radical (unpaired) electrons. The van der Waals surface area contributed by atoms with Gasteiger partial charge in [-0.05, 0) is 67.5 Å². The highest BCUT2D eigenvalue weighted by atomic mass is 32.1. The smallest absolute Gasteiger partial charge is 0.160 e. The molecule has 1 saturated heterocycles. The van der Waals surface area contributed by atoms with Crippen molar-refractivity contribution in [2.45, 2.75) is 25.9 Å². The second-order valence-corrected chi connectivity index (χ2v) is 7.47. The third-order valence-electron chi connectivity index (χ3n) is 4.67. The SMILES string of the molecule is COc1ccc(CNCC2CCN(Cc3cccs3)CC2)cc1O. The zero-order valence-electron chi connectivity index (χ0n) is 14.2. The van der Waals surface area contributed by atoms with Crippen LogP contribution in [0.25, 0.3) is 0 Å². The fourth-order valence-electron chi connectivity index (χ4n) is 3.24. The maximum absolute atomic E-state index is 9.82. The average Bonchev–Trinajstić information content (AvgIpc) is 3.10. The number of nitrogens with one attached hydrogen (secondary N) is 1. The van der Waals surface area contributed by atoms with Crippen LogP contribution in [0.4, 0.5) is 0 Å².